The van der Waals surface area contributed by atoms with Crippen molar-refractivity contribution in [3.05, 3.63) is 18.0 Å². The Morgan fingerprint density at radius 2 is 2.50 bits per heavy atom. The van der Waals surface area contributed by atoms with Gasteiger partial charge in [-0.3, -0.25) is 4.68 Å². The van der Waals surface area contributed by atoms with Crippen LogP contribution in [-0.4, -0.2) is 21.5 Å². The molecule has 0 aliphatic heterocycles. The average Bonchev–Trinajstić information content (AvgIpc) is 2.36. The lowest BCUT2D eigenvalue weighted by atomic mass is 10.3. The predicted octanol–water partition coefficient (Wildman–Crippen LogP) is 0.438. The summed E-state index contributed by atoms with van der Waals surface area (Å²) in [6.07, 6.45) is 2.46. The van der Waals surface area contributed by atoms with Gasteiger partial charge in [0.15, 0.2) is 0 Å². The zero-order valence-electron chi connectivity index (χ0n) is 6.12. The number of aryl methyl sites for hydroxylation is 1. The number of aliphatic hydroxyl groups is 1. The molecular weight excluding hydrogens is 128 g/mol. The molecule has 0 spiro atoms. The molecule has 3 nitrogen and oxygen atoms in total. The Bertz CT molecular complexity index is 195. The van der Waals surface area contributed by atoms with Crippen molar-refractivity contribution < 1.29 is 5.11 Å². The van der Waals surface area contributed by atoms with E-state index in [-0.39, 0.29) is 6.61 Å². The van der Waals surface area contributed by atoms with Gasteiger partial charge in [-0.25, -0.2) is 0 Å². The summed E-state index contributed by atoms with van der Waals surface area (Å²) in [4.78, 5) is 0. The van der Waals surface area contributed by atoms with Crippen LogP contribution in [-0.2, 0) is 13.0 Å². The molecule has 0 saturated carbocycles. The molecule has 1 N–H and O–H groups in total. The van der Waals surface area contributed by atoms with E-state index in [1.165, 1.54) is 0 Å². The summed E-state index contributed by atoms with van der Waals surface area (Å²) in [5.74, 6) is 0. The van der Waals surface area contributed by atoms with Crippen LogP contribution in [0.2, 0.25) is 0 Å². The lowest BCUT2D eigenvalue weighted by molar-refractivity contribution is 0.295. The highest BCUT2D eigenvalue weighted by Gasteiger charge is 1.97. The minimum atomic E-state index is 0.200. The van der Waals surface area contributed by atoms with Crippen molar-refractivity contribution in [2.24, 2.45) is 0 Å². The lowest BCUT2D eigenvalue weighted by Gasteiger charge is -2.00. The quantitative estimate of drug-likeness (QED) is 0.661. The van der Waals surface area contributed by atoms with Gasteiger partial charge in [-0.05, 0) is 13.0 Å². The van der Waals surface area contributed by atoms with E-state index in [2.05, 4.69) is 5.10 Å². The third-order valence-electron chi connectivity index (χ3n) is 1.47. The maximum atomic E-state index is 8.62. The normalized spacial score (nSPS) is 10.2. The number of rotatable bonds is 3. The monoisotopic (exact) mass is 140 g/mol. The molecule has 56 valence electrons. The zero-order valence-corrected chi connectivity index (χ0v) is 6.12. The average molecular weight is 140 g/mol. The van der Waals surface area contributed by atoms with Crippen LogP contribution in [0.25, 0.3) is 0 Å². The van der Waals surface area contributed by atoms with Crippen molar-refractivity contribution in [3.63, 3.8) is 0 Å². The summed E-state index contributed by atoms with van der Waals surface area (Å²) in [5.41, 5.74) is 1.10. The van der Waals surface area contributed by atoms with Crippen molar-refractivity contribution in [1.29, 1.82) is 0 Å². The molecule has 0 atom stereocenters. The van der Waals surface area contributed by atoms with E-state index < -0.39 is 0 Å². The number of hydrogen-bond acceptors (Lipinski definition) is 2. The van der Waals surface area contributed by atoms with Gasteiger partial charge in [0.2, 0.25) is 0 Å². The summed E-state index contributed by atoms with van der Waals surface area (Å²) in [6.45, 7) is 3.11. The number of hydrogen-bond donors (Lipinski definition) is 1. The Kier molecular flexibility index (Phi) is 2.45. The molecule has 0 amide bonds. The second-order valence-corrected chi connectivity index (χ2v) is 2.11. The molecule has 1 aromatic heterocycles. The number of aromatic nitrogens is 2. The van der Waals surface area contributed by atoms with Crippen LogP contribution in [0, 0.1) is 0 Å². The van der Waals surface area contributed by atoms with Crippen LogP contribution in [0.15, 0.2) is 12.3 Å². The Balaban J connectivity index is 2.70. The Morgan fingerprint density at radius 1 is 1.70 bits per heavy atom. The van der Waals surface area contributed by atoms with E-state index in [9.17, 15) is 0 Å². The van der Waals surface area contributed by atoms with Gasteiger partial charge < -0.3 is 5.11 Å². The number of nitrogens with zero attached hydrogens (tertiary/aromatic N) is 2. The summed E-state index contributed by atoms with van der Waals surface area (Å²) >= 11 is 0. The van der Waals surface area contributed by atoms with Crippen LogP contribution in [0.5, 0.6) is 0 Å². The Labute approximate surface area is 60.3 Å². The predicted molar refractivity (Wildman–Crippen MR) is 38.7 cm³/mol. The largest absolute Gasteiger partial charge is 0.396 e. The Morgan fingerprint density at radius 3 is 3.10 bits per heavy atom. The summed E-state index contributed by atoms with van der Waals surface area (Å²) < 4.78 is 1.89. The minimum absolute atomic E-state index is 0.200. The summed E-state index contributed by atoms with van der Waals surface area (Å²) in [6, 6.07) is 1.93. The molecule has 0 fully saturated rings. The molecule has 0 aliphatic carbocycles. The fourth-order valence-electron chi connectivity index (χ4n) is 0.972. The van der Waals surface area contributed by atoms with Crippen molar-refractivity contribution >= 4 is 0 Å². The van der Waals surface area contributed by atoms with Crippen molar-refractivity contribution in [2.45, 2.75) is 19.9 Å². The first-order valence-electron chi connectivity index (χ1n) is 3.50. The fourth-order valence-corrected chi connectivity index (χ4v) is 0.972. The SMILES string of the molecule is CCn1nccc1CCO. The van der Waals surface area contributed by atoms with Crippen molar-refractivity contribution in [1.82, 2.24) is 9.78 Å². The molecule has 0 bridgehead atoms. The molecular formula is C7H12N2O. The van der Waals surface area contributed by atoms with Crippen LogP contribution >= 0.6 is 0 Å². The highest BCUT2D eigenvalue weighted by atomic mass is 16.3. The zero-order chi connectivity index (χ0) is 7.40. The Hall–Kier alpha value is -0.830. The number of aliphatic hydroxyl groups excluding tert-OH is 1. The van der Waals surface area contributed by atoms with Gasteiger partial charge >= 0.3 is 0 Å². The van der Waals surface area contributed by atoms with Crippen LogP contribution in [0.1, 0.15) is 12.6 Å². The standard InChI is InChI=1S/C7H12N2O/c1-2-9-7(4-6-10)3-5-8-9/h3,5,10H,2,4,6H2,1H3. The van der Waals surface area contributed by atoms with Crippen LogP contribution < -0.4 is 0 Å². The van der Waals surface area contributed by atoms with E-state index in [0.717, 1.165) is 12.2 Å². The van der Waals surface area contributed by atoms with E-state index in [1.54, 1.807) is 6.20 Å². The second-order valence-electron chi connectivity index (χ2n) is 2.11. The van der Waals surface area contributed by atoms with Gasteiger partial charge in [-0.2, -0.15) is 5.10 Å². The van der Waals surface area contributed by atoms with Crippen molar-refractivity contribution in [3.8, 4) is 0 Å². The third kappa shape index (κ3) is 1.36. The molecule has 1 aromatic rings. The van der Waals surface area contributed by atoms with E-state index in [4.69, 9.17) is 5.11 Å². The van der Waals surface area contributed by atoms with Gasteiger partial charge in [0.25, 0.3) is 0 Å². The molecule has 0 saturated heterocycles. The lowest BCUT2D eigenvalue weighted by Crippen LogP contribution is -2.03. The first kappa shape index (κ1) is 7.28. The highest BCUT2D eigenvalue weighted by Crippen LogP contribution is 1.98. The van der Waals surface area contributed by atoms with Crippen LogP contribution in [0.4, 0.5) is 0 Å². The van der Waals surface area contributed by atoms with E-state index in [1.807, 2.05) is 17.7 Å². The maximum absolute atomic E-state index is 8.62. The first-order chi connectivity index (χ1) is 4.88. The summed E-state index contributed by atoms with van der Waals surface area (Å²) in [5, 5.41) is 12.7. The van der Waals surface area contributed by atoms with Gasteiger partial charge in [-0.1, -0.05) is 0 Å². The highest BCUT2D eigenvalue weighted by molar-refractivity contribution is 5.00. The second kappa shape index (κ2) is 3.37. The van der Waals surface area contributed by atoms with Gasteiger partial charge in [-0.15, -0.1) is 0 Å². The smallest absolute Gasteiger partial charge is 0.0492 e. The molecule has 10 heavy (non-hydrogen) atoms. The van der Waals surface area contributed by atoms with Crippen molar-refractivity contribution in [2.75, 3.05) is 6.61 Å². The third-order valence-corrected chi connectivity index (χ3v) is 1.47. The molecule has 0 aromatic carbocycles. The first-order valence-corrected chi connectivity index (χ1v) is 3.50. The molecule has 1 rings (SSSR count). The van der Waals surface area contributed by atoms with Gasteiger partial charge in [0.1, 0.15) is 0 Å². The maximum Gasteiger partial charge on any atom is 0.0492 e. The summed E-state index contributed by atoms with van der Waals surface area (Å²) in [7, 11) is 0. The van der Waals surface area contributed by atoms with E-state index in [0.29, 0.717) is 6.42 Å². The molecule has 0 radical (unpaired) electrons. The van der Waals surface area contributed by atoms with Crippen LogP contribution in [0.3, 0.4) is 0 Å². The minimum Gasteiger partial charge on any atom is -0.396 e. The topological polar surface area (TPSA) is 38.0 Å². The molecule has 3 heteroatoms. The molecule has 0 aliphatic rings. The van der Waals surface area contributed by atoms with E-state index >= 15 is 0 Å². The van der Waals surface area contributed by atoms with Gasteiger partial charge in [0, 0.05) is 31.5 Å². The fraction of sp³-hybridized carbons (Fsp3) is 0.571. The van der Waals surface area contributed by atoms with Gasteiger partial charge in [0.05, 0.1) is 0 Å². The molecule has 1 heterocycles. The molecule has 0 unspecified atom stereocenters.